The summed E-state index contributed by atoms with van der Waals surface area (Å²) in [5.74, 6) is 5.50. The molecule has 1 fully saturated rings. The monoisotopic (exact) mass is 257 g/mol. The van der Waals surface area contributed by atoms with Crippen LogP contribution in [0.1, 0.15) is 0 Å². The molecular formula is C15H19N3O. The van der Waals surface area contributed by atoms with Crippen LogP contribution in [0.3, 0.4) is 0 Å². The van der Waals surface area contributed by atoms with E-state index >= 15 is 0 Å². The van der Waals surface area contributed by atoms with E-state index in [1.54, 1.807) is 11.9 Å². The van der Waals surface area contributed by atoms with Crippen molar-refractivity contribution in [1.29, 1.82) is 0 Å². The molecule has 1 aromatic rings. The minimum atomic E-state index is -0.165. The van der Waals surface area contributed by atoms with Gasteiger partial charge in [-0.1, -0.05) is 24.1 Å². The SMILES string of the molecule is CN(C(=O)C#CCN1CCNCC1)c1ccccc1. The zero-order valence-electron chi connectivity index (χ0n) is 11.2. The lowest BCUT2D eigenvalue weighted by atomic mass is 10.3. The number of para-hydroxylation sites is 1. The van der Waals surface area contributed by atoms with Crippen molar-refractivity contribution < 1.29 is 4.79 Å². The Morgan fingerprint density at radius 1 is 1.32 bits per heavy atom. The first-order valence-electron chi connectivity index (χ1n) is 6.52. The maximum absolute atomic E-state index is 11.9. The number of rotatable bonds is 2. The van der Waals surface area contributed by atoms with E-state index in [1.165, 1.54) is 0 Å². The largest absolute Gasteiger partial charge is 0.314 e. The molecule has 2 rings (SSSR count). The van der Waals surface area contributed by atoms with Gasteiger partial charge in [-0.25, -0.2) is 0 Å². The van der Waals surface area contributed by atoms with Crippen LogP contribution >= 0.6 is 0 Å². The van der Waals surface area contributed by atoms with Gasteiger partial charge in [-0.3, -0.25) is 9.69 Å². The zero-order valence-corrected chi connectivity index (χ0v) is 11.2. The van der Waals surface area contributed by atoms with Crippen LogP contribution in [0.2, 0.25) is 0 Å². The molecule has 4 heteroatoms. The molecule has 4 nitrogen and oxygen atoms in total. The van der Waals surface area contributed by atoms with Gasteiger partial charge in [-0.2, -0.15) is 0 Å². The number of amides is 1. The number of anilines is 1. The average Bonchev–Trinajstić information content (AvgIpc) is 2.48. The molecule has 19 heavy (non-hydrogen) atoms. The van der Waals surface area contributed by atoms with Crippen molar-refractivity contribution in [2.24, 2.45) is 0 Å². The summed E-state index contributed by atoms with van der Waals surface area (Å²) in [4.78, 5) is 15.7. The molecule has 0 saturated carbocycles. The Bertz CT molecular complexity index is 469. The van der Waals surface area contributed by atoms with Gasteiger partial charge in [0.1, 0.15) is 0 Å². The second-order valence-electron chi connectivity index (χ2n) is 4.53. The molecule has 0 atom stereocenters. The summed E-state index contributed by atoms with van der Waals surface area (Å²) in [6.07, 6.45) is 0. The molecule has 1 N–H and O–H groups in total. The number of hydrogen-bond donors (Lipinski definition) is 1. The first-order valence-corrected chi connectivity index (χ1v) is 6.52. The standard InChI is InChI=1S/C15H19N3O/c1-17(14-6-3-2-4-7-14)15(19)8-5-11-18-12-9-16-10-13-18/h2-4,6-7,16H,9-13H2,1H3. The topological polar surface area (TPSA) is 35.6 Å². The molecule has 0 aliphatic carbocycles. The molecule has 0 radical (unpaired) electrons. The van der Waals surface area contributed by atoms with E-state index in [0.29, 0.717) is 6.54 Å². The summed E-state index contributed by atoms with van der Waals surface area (Å²) in [6.45, 7) is 4.66. The summed E-state index contributed by atoms with van der Waals surface area (Å²) in [5, 5.41) is 3.29. The Morgan fingerprint density at radius 2 is 2.00 bits per heavy atom. The van der Waals surface area contributed by atoms with Crippen LogP contribution in [-0.4, -0.2) is 50.6 Å². The Labute approximate surface area is 114 Å². The van der Waals surface area contributed by atoms with Gasteiger partial charge >= 0.3 is 5.91 Å². The first-order chi connectivity index (χ1) is 9.27. The number of nitrogens with one attached hydrogen (secondary N) is 1. The number of carbonyl (C=O) groups is 1. The summed E-state index contributed by atoms with van der Waals surface area (Å²) < 4.78 is 0. The van der Waals surface area contributed by atoms with Gasteiger partial charge in [0.2, 0.25) is 0 Å². The Balaban J connectivity index is 1.87. The third-order valence-corrected chi connectivity index (χ3v) is 3.16. The van der Waals surface area contributed by atoms with Gasteiger partial charge in [0.05, 0.1) is 6.54 Å². The third kappa shape index (κ3) is 4.09. The van der Waals surface area contributed by atoms with Crippen molar-refractivity contribution in [2.75, 3.05) is 44.7 Å². The molecular weight excluding hydrogens is 238 g/mol. The Hall–Kier alpha value is -1.83. The van der Waals surface area contributed by atoms with Crippen LogP contribution in [-0.2, 0) is 4.79 Å². The van der Waals surface area contributed by atoms with Crippen LogP contribution in [0, 0.1) is 11.8 Å². The molecule has 1 aliphatic rings. The van der Waals surface area contributed by atoms with Crippen LogP contribution < -0.4 is 10.2 Å². The third-order valence-electron chi connectivity index (χ3n) is 3.16. The fourth-order valence-corrected chi connectivity index (χ4v) is 1.95. The second-order valence-corrected chi connectivity index (χ2v) is 4.53. The molecule has 1 saturated heterocycles. The highest BCUT2D eigenvalue weighted by molar-refractivity contribution is 6.05. The van der Waals surface area contributed by atoms with Crippen LogP contribution in [0.4, 0.5) is 5.69 Å². The number of nitrogens with zero attached hydrogens (tertiary/aromatic N) is 2. The number of benzene rings is 1. The maximum atomic E-state index is 11.9. The summed E-state index contributed by atoms with van der Waals surface area (Å²) in [5.41, 5.74) is 0.865. The van der Waals surface area contributed by atoms with Crippen molar-refractivity contribution in [1.82, 2.24) is 10.2 Å². The lowest BCUT2D eigenvalue weighted by molar-refractivity contribution is -0.113. The van der Waals surface area contributed by atoms with Gasteiger partial charge < -0.3 is 10.2 Å². The van der Waals surface area contributed by atoms with Crippen molar-refractivity contribution in [2.45, 2.75) is 0 Å². The number of carbonyl (C=O) groups excluding carboxylic acids is 1. The van der Waals surface area contributed by atoms with Crippen molar-refractivity contribution in [3.05, 3.63) is 30.3 Å². The Kier molecular flexibility index (Phi) is 4.96. The van der Waals surface area contributed by atoms with E-state index in [4.69, 9.17) is 0 Å². The van der Waals surface area contributed by atoms with Crippen molar-refractivity contribution >= 4 is 11.6 Å². The maximum Gasteiger partial charge on any atom is 0.302 e. The highest BCUT2D eigenvalue weighted by atomic mass is 16.2. The predicted molar refractivity (Wildman–Crippen MR) is 76.9 cm³/mol. The van der Waals surface area contributed by atoms with Gasteiger partial charge in [-0.05, 0) is 18.1 Å². The molecule has 1 aromatic carbocycles. The molecule has 1 heterocycles. The molecule has 0 spiro atoms. The van der Waals surface area contributed by atoms with E-state index in [1.807, 2.05) is 30.3 Å². The molecule has 0 bridgehead atoms. The molecule has 1 aliphatic heterocycles. The smallest absolute Gasteiger partial charge is 0.302 e. The van der Waals surface area contributed by atoms with Gasteiger partial charge in [-0.15, -0.1) is 0 Å². The second kappa shape index (κ2) is 6.93. The normalized spacial score (nSPS) is 15.4. The van der Waals surface area contributed by atoms with Crippen LogP contribution in [0.5, 0.6) is 0 Å². The fourth-order valence-electron chi connectivity index (χ4n) is 1.95. The van der Waals surface area contributed by atoms with E-state index in [0.717, 1.165) is 31.9 Å². The highest BCUT2D eigenvalue weighted by Gasteiger charge is 2.08. The summed E-state index contributed by atoms with van der Waals surface area (Å²) >= 11 is 0. The summed E-state index contributed by atoms with van der Waals surface area (Å²) in [7, 11) is 1.75. The first kappa shape index (κ1) is 13.6. The van der Waals surface area contributed by atoms with Gasteiger partial charge in [0, 0.05) is 38.9 Å². The van der Waals surface area contributed by atoms with Gasteiger partial charge in [0.15, 0.2) is 0 Å². The number of piperazine rings is 1. The lowest BCUT2D eigenvalue weighted by Gasteiger charge is -2.24. The van der Waals surface area contributed by atoms with Crippen LogP contribution in [0.25, 0.3) is 0 Å². The lowest BCUT2D eigenvalue weighted by Crippen LogP contribution is -2.43. The highest BCUT2D eigenvalue weighted by Crippen LogP contribution is 2.10. The molecule has 1 amide bonds. The van der Waals surface area contributed by atoms with Crippen LogP contribution in [0.15, 0.2) is 30.3 Å². The van der Waals surface area contributed by atoms with E-state index in [-0.39, 0.29) is 5.91 Å². The van der Waals surface area contributed by atoms with E-state index in [2.05, 4.69) is 22.1 Å². The molecule has 0 unspecified atom stereocenters. The minimum absolute atomic E-state index is 0.165. The number of hydrogen-bond acceptors (Lipinski definition) is 3. The summed E-state index contributed by atoms with van der Waals surface area (Å²) in [6, 6.07) is 9.55. The average molecular weight is 257 g/mol. The van der Waals surface area contributed by atoms with Crippen molar-refractivity contribution in [3.8, 4) is 11.8 Å². The Morgan fingerprint density at radius 3 is 2.68 bits per heavy atom. The van der Waals surface area contributed by atoms with E-state index < -0.39 is 0 Å². The fraction of sp³-hybridized carbons (Fsp3) is 0.400. The quantitative estimate of drug-likeness (QED) is 0.786. The van der Waals surface area contributed by atoms with Gasteiger partial charge in [0.25, 0.3) is 0 Å². The van der Waals surface area contributed by atoms with Crippen molar-refractivity contribution in [3.63, 3.8) is 0 Å². The molecule has 0 aromatic heterocycles. The minimum Gasteiger partial charge on any atom is -0.314 e. The molecule has 100 valence electrons. The zero-order chi connectivity index (χ0) is 13.5. The van der Waals surface area contributed by atoms with E-state index in [9.17, 15) is 4.79 Å². The predicted octanol–water partition coefficient (Wildman–Crippen LogP) is 0.558.